The monoisotopic (exact) mass is 893 g/mol. The first-order chi connectivity index (χ1) is 32.2. The number of imidazole rings is 1. The van der Waals surface area contributed by atoms with E-state index in [2.05, 4.69) is 187 Å². The Hall–Kier alpha value is -8.35. The normalized spacial score (nSPS) is 11.7. The van der Waals surface area contributed by atoms with Crippen molar-refractivity contribution in [3.63, 3.8) is 0 Å². The number of nitrogens with zero attached hydrogens (tertiary/aromatic N) is 5. The second-order valence-electron chi connectivity index (χ2n) is 16.1. The van der Waals surface area contributed by atoms with Crippen LogP contribution >= 0.6 is 0 Å². The molecule has 0 aliphatic carbocycles. The number of aromatic nitrogens is 6. The maximum Gasteiger partial charge on any atom is 2.00 e. The van der Waals surface area contributed by atoms with Gasteiger partial charge in [-0.15, -0.1) is 22.1 Å². The largest absolute Gasteiger partial charge is 2.00 e. The van der Waals surface area contributed by atoms with E-state index < -0.39 is 0 Å². The number of hydrogen-bond acceptors (Lipinski definition) is 3. The molecule has 0 fully saturated rings. The average molecular weight is 895 g/mol. The van der Waals surface area contributed by atoms with Gasteiger partial charge in [0.05, 0.1) is 34.2 Å². The number of rotatable bonds is 7. The molecule has 66 heavy (non-hydrogen) atoms. The Balaban J connectivity index is 0.00000481. The molecule has 6 aromatic carbocycles. The summed E-state index contributed by atoms with van der Waals surface area (Å²) in [6.45, 7) is 0. The summed E-state index contributed by atoms with van der Waals surface area (Å²) in [5.74, 6) is 0.791. The van der Waals surface area contributed by atoms with Crippen LogP contribution in [0.4, 0.5) is 0 Å². The minimum absolute atomic E-state index is 0. The third kappa shape index (κ3) is 7.42. The van der Waals surface area contributed by atoms with Crippen LogP contribution in [0, 0.1) is 0 Å². The molecule has 6 nitrogen and oxygen atoms in total. The number of aromatic amines is 1. The van der Waals surface area contributed by atoms with Gasteiger partial charge in [0, 0.05) is 16.7 Å². The molecule has 6 heterocycles. The summed E-state index contributed by atoms with van der Waals surface area (Å²) >= 11 is 0. The Kier molecular flexibility index (Phi) is 10.6. The van der Waals surface area contributed by atoms with E-state index in [1.165, 1.54) is 0 Å². The van der Waals surface area contributed by atoms with E-state index in [0.29, 0.717) is 0 Å². The number of benzene rings is 6. The smallest absolute Gasteiger partial charge is 0.657 e. The first kappa shape index (κ1) is 40.4. The molecule has 2 aliphatic heterocycles. The molecule has 0 unspecified atom stereocenters. The molecule has 1 radical (unpaired) electrons. The average Bonchev–Trinajstić information content (AvgIpc) is 4.25. The SMILES string of the molecule is C1=Cc2nc1c(-c1ccccc1)c1ccc([n-]1)c(-c1ccccc1)c1nc(c(-c3ccc(-c4nc(-c5ccccc5)c(-c5ccccc5)[nH]4)cc3)c3ccc([n-]3)c2-c2ccccc2)C=C1.[Cu+2]. The standard InChI is InChI=1S/C59H38N6.Cu/c1-6-16-38(17-7-1)53-45-30-32-47(60-45)54(39-18-8-2-9-19-39)49-34-36-51(62-49)56(52-37-35-50(63-52)55(40-20-10-3-11-21-40)48-33-31-46(53)61-48)41-26-28-44(29-27-41)59-64-57(42-22-12-4-13-23-42)58(65-59)43-24-14-5-15-25-43;/h1-37H,(H,64,65);/q-2;+2. The second kappa shape index (κ2) is 17.3. The first-order valence-electron chi connectivity index (χ1n) is 21.8. The van der Waals surface area contributed by atoms with Crippen LogP contribution in [0.25, 0.3) is 125 Å². The predicted octanol–water partition coefficient (Wildman–Crippen LogP) is 14.3. The van der Waals surface area contributed by atoms with Gasteiger partial charge in [0.1, 0.15) is 5.82 Å². The van der Waals surface area contributed by atoms with Gasteiger partial charge in [-0.2, -0.15) is 0 Å². The molecule has 1 N–H and O–H groups in total. The molecule has 7 heteroatoms. The van der Waals surface area contributed by atoms with Gasteiger partial charge in [-0.05, 0) is 68.8 Å². The van der Waals surface area contributed by atoms with Crippen molar-refractivity contribution in [2.75, 3.05) is 0 Å². The predicted molar refractivity (Wildman–Crippen MR) is 267 cm³/mol. The Bertz CT molecular complexity index is 3510. The van der Waals surface area contributed by atoms with Crippen LogP contribution in [-0.2, 0) is 17.1 Å². The zero-order chi connectivity index (χ0) is 43.1. The van der Waals surface area contributed by atoms with Crippen molar-refractivity contribution in [2.45, 2.75) is 0 Å². The fourth-order valence-corrected chi connectivity index (χ4v) is 9.01. The third-order valence-corrected chi connectivity index (χ3v) is 12.1. The van der Waals surface area contributed by atoms with Crippen molar-refractivity contribution in [3.8, 4) is 78.4 Å². The van der Waals surface area contributed by atoms with Crippen molar-refractivity contribution in [2.24, 2.45) is 0 Å². The second-order valence-corrected chi connectivity index (χ2v) is 16.1. The minimum atomic E-state index is 0. The van der Waals surface area contributed by atoms with E-state index >= 15 is 0 Å². The Labute approximate surface area is 392 Å². The summed E-state index contributed by atoms with van der Waals surface area (Å²) in [7, 11) is 0. The van der Waals surface area contributed by atoms with Gasteiger partial charge in [-0.25, -0.2) is 15.0 Å². The molecule has 0 spiro atoms. The van der Waals surface area contributed by atoms with Crippen molar-refractivity contribution >= 4 is 46.4 Å². The number of hydrogen-bond donors (Lipinski definition) is 1. The molecule has 4 aromatic heterocycles. The molecule has 8 bridgehead atoms. The summed E-state index contributed by atoms with van der Waals surface area (Å²) < 4.78 is 0. The Morgan fingerprint density at radius 3 is 0.955 bits per heavy atom. The molecule has 315 valence electrons. The number of nitrogens with one attached hydrogen (secondary N) is 1. The Morgan fingerprint density at radius 1 is 0.288 bits per heavy atom. The number of fused-ring (bicyclic) bond motifs is 8. The van der Waals surface area contributed by atoms with Crippen LogP contribution in [0.2, 0.25) is 0 Å². The quantitative estimate of drug-likeness (QED) is 0.161. The molecular weight excluding hydrogens is 856 g/mol. The van der Waals surface area contributed by atoms with Crippen molar-refractivity contribution in [3.05, 3.63) is 223 Å². The van der Waals surface area contributed by atoms with Crippen LogP contribution < -0.4 is 9.97 Å². The fourth-order valence-electron chi connectivity index (χ4n) is 9.01. The summed E-state index contributed by atoms with van der Waals surface area (Å²) in [5.41, 5.74) is 19.5. The van der Waals surface area contributed by atoms with Gasteiger partial charge in [0.25, 0.3) is 0 Å². The molecule has 0 saturated heterocycles. The Morgan fingerprint density at radius 2 is 0.591 bits per heavy atom. The van der Waals surface area contributed by atoms with Gasteiger partial charge in [-0.1, -0.05) is 200 Å². The summed E-state index contributed by atoms with van der Waals surface area (Å²) in [6, 6.07) is 68.9. The molecule has 0 atom stereocenters. The zero-order valence-corrected chi connectivity index (χ0v) is 36.3. The molecule has 10 aromatic rings. The van der Waals surface area contributed by atoms with Gasteiger partial charge < -0.3 is 15.0 Å². The van der Waals surface area contributed by atoms with Gasteiger partial charge in [0.15, 0.2) is 0 Å². The molecule has 0 saturated carbocycles. The first-order valence-corrected chi connectivity index (χ1v) is 21.8. The molecule has 0 amide bonds. The fraction of sp³-hybridized carbons (Fsp3) is 0. The summed E-state index contributed by atoms with van der Waals surface area (Å²) in [5, 5.41) is 0. The van der Waals surface area contributed by atoms with Gasteiger partial charge >= 0.3 is 17.1 Å². The van der Waals surface area contributed by atoms with Crippen molar-refractivity contribution in [1.82, 2.24) is 29.9 Å². The van der Waals surface area contributed by atoms with Crippen LogP contribution in [-0.4, -0.2) is 19.9 Å². The third-order valence-electron chi connectivity index (χ3n) is 12.1. The minimum Gasteiger partial charge on any atom is -0.657 e. The van der Waals surface area contributed by atoms with E-state index in [4.69, 9.17) is 24.9 Å². The molecule has 12 rings (SSSR count). The van der Waals surface area contributed by atoms with Gasteiger partial charge in [-0.3, -0.25) is 0 Å². The zero-order valence-electron chi connectivity index (χ0n) is 35.4. The van der Waals surface area contributed by atoms with E-state index in [9.17, 15) is 0 Å². The maximum atomic E-state index is 5.45. The van der Waals surface area contributed by atoms with Gasteiger partial charge in [0.2, 0.25) is 0 Å². The van der Waals surface area contributed by atoms with Crippen LogP contribution in [0.1, 0.15) is 22.8 Å². The topological polar surface area (TPSA) is 82.7 Å². The summed E-state index contributed by atoms with van der Waals surface area (Å²) in [6.07, 6.45) is 8.42. The molecule has 2 aliphatic rings. The van der Waals surface area contributed by atoms with E-state index in [0.717, 1.165) is 123 Å². The van der Waals surface area contributed by atoms with Crippen LogP contribution in [0.3, 0.4) is 0 Å². The van der Waals surface area contributed by atoms with Crippen LogP contribution in [0.15, 0.2) is 200 Å². The summed E-state index contributed by atoms with van der Waals surface area (Å²) in [4.78, 5) is 30.5. The maximum absolute atomic E-state index is 5.45. The molecular formula is C59H38CuN6. The van der Waals surface area contributed by atoms with E-state index in [1.807, 2.05) is 42.5 Å². The van der Waals surface area contributed by atoms with E-state index in [1.54, 1.807) is 0 Å². The number of H-pyrrole nitrogens is 1. The van der Waals surface area contributed by atoms with Crippen molar-refractivity contribution < 1.29 is 17.1 Å². The van der Waals surface area contributed by atoms with Crippen molar-refractivity contribution in [1.29, 1.82) is 0 Å². The van der Waals surface area contributed by atoms with Crippen LogP contribution in [0.5, 0.6) is 0 Å². The van der Waals surface area contributed by atoms with E-state index in [-0.39, 0.29) is 17.1 Å².